The van der Waals surface area contributed by atoms with Crippen LogP contribution in [0.25, 0.3) is 0 Å². The molecule has 1 rings (SSSR count). The predicted molar refractivity (Wildman–Crippen MR) is 88.7 cm³/mol. The maximum absolute atomic E-state index is 12.3. The van der Waals surface area contributed by atoms with E-state index in [0.29, 0.717) is 4.88 Å². The van der Waals surface area contributed by atoms with Crippen molar-refractivity contribution in [1.29, 1.82) is 0 Å². The average molecular weight is 354 g/mol. The number of thiophene rings is 1. The molecule has 132 valence electrons. The molecule has 0 spiro atoms. The molecule has 0 aromatic carbocycles. The highest BCUT2D eigenvalue weighted by atomic mass is 32.1. The zero-order valence-electron chi connectivity index (χ0n) is 14.2. The maximum Gasteiger partial charge on any atom is 0.317 e. The number of Topliss-reactive ketones (excluding diaryl/α,β-unsaturated/α-hetero) is 2. The molecule has 1 aromatic rings. The van der Waals surface area contributed by atoms with Gasteiger partial charge in [0, 0.05) is 10.8 Å². The van der Waals surface area contributed by atoms with Gasteiger partial charge in [0.15, 0.2) is 0 Å². The number of rotatable bonds is 9. The van der Waals surface area contributed by atoms with Gasteiger partial charge in [-0.05, 0) is 39.1 Å². The van der Waals surface area contributed by atoms with Gasteiger partial charge in [-0.1, -0.05) is 6.07 Å². The first-order chi connectivity index (χ1) is 11.3. The average Bonchev–Trinajstić information content (AvgIpc) is 3.00. The number of hydrogen-bond acceptors (Lipinski definition) is 7. The van der Waals surface area contributed by atoms with Gasteiger partial charge in [-0.3, -0.25) is 19.2 Å². The number of hydrogen-bond donors (Lipinski definition) is 0. The minimum atomic E-state index is -1.23. The molecule has 0 aliphatic heterocycles. The standard InChI is InChI=1S/C17H22O6S/c1-5-22-16(20)13(10(3)18)15(12-8-7-9-24-12)14(11(4)19)17(21)23-6-2/h7-9,13-15H,5-6H2,1-4H3/t13-,14-/m1/s1. The van der Waals surface area contributed by atoms with Crippen LogP contribution in [-0.4, -0.2) is 36.7 Å². The van der Waals surface area contributed by atoms with Crippen molar-refractivity contribution in [3.8, 4) is 0 Å². The molecule has 0 unspecified atom stereocenters. The fourth-order valence-electron chi connectivity index (χ4n) is 2.60. The maximum atomic E-state index is 12.3. The zero-order valence-corrected chi connectivity index (χ0v) is 15.1. The van der Waals surface area contributed by atoms with Crippen molar-refractivity contribution in [1.82, 2.24) is 0 Å². The highest BCUT2D eigenvalue weighted by Gasteiger charge is 2.45. The number of ether oxygens (including phenoxy) is 2. The van der Waals surface area contributed by atoms with Crippen LogP contribution in [0.3, 0.4) is 0 Å². The summed E-state index contributed by atoms with van der Waals surface area (Å²) in [5.41, 5.74) is 0. The Bertz CT molecular complexity index is 556. The summed E-state index contributed by atoms with van der Waals surface area (Å²) in [6, 6.07) is 3.43. The summed E-state index contributed by atoms with van der Waals surface area (Å²) in [6.45, 7) is 5.97. The Morgan fingerprint density at radius 3 is 1.71 bits per heavy atom. The van der Waals surface area contributed by atoms with Gasteiger partial charge in [-0.2, -0.15) is 0 Å². The van der Waals surface area contributed by atoms with Gasteiger partial charge >= 0.3 is 11.9 Å². The van der Waals surface area contributed by atoms with Crippen molar-refractivity contribution in [3.05, 3.63) is 22.4 Å². The topological polar surface area (TPSA) is 86.7 Å². The van der Waals surface area contributed by atoms with Gasteiger partial charge < -0.3 is 9.47 Å². The van der Waals surface area contributed by atoms with E-state index in [2.05, 4.69) is 0 Å². The Kier molecular flexibility index (Phi) is 7.78. The molecular weight excluding hydrogens is 332 g/mol. The van der Waals surface area contributed by atoms with Gasteiger partial charge in [0.1, 0.15) is 23.4 Å². The van der Waals surface area contributed by atoms with E-state index in [1.165, 1.54) is 25.2 Å². The number of ketones is 2. The first-order valence-electron chi connectivity index (χ1n) is 7.72. The smallest absolute Gasteiger partial charge is 0.317 e. The molecule has 0 saturated carbocycles. The molecule has 0 amide bonds. The lowest BCUT2D eigenvalue weighted by Gasteiger charge is -2.27. The van der Waals surface area contributed by atoms with E-state index in [0.717, 1.165) is 0 Å². The van der Waals surface area contributed by atoms with Crippen molar-refractivity contribution < 1.29 is 28.7 Å². The number of carbonyl (C=O) groups excluding carboxylic acids is 4. The summed E-state index contributed by atoms with van der Waals surface area (Å²) in [5, 5.41) is 1.76. The summed E-state index contributed by atoms with van der Waals surface area (Å²) < 4.78 is 9.99. The van der Waals surface area contributed by atoms with Gasteiger partial charge in [-0.15, -0.1) is 11.3 Å². The highest BCUT2D eigenvalue weighted by molar-refractivity contribution is 7.10. The Hall–Kier alpha value is -2.02. The molecule has 0 aliphatic carbocycles. The number of esters is 2. The SMILES string of the molecule is CCOC(=O)[C@H](C(C)=O)C(c1cccs1)[C@@H](C(C)=O)C(=O)OCC. The summed E-state index contributed by atoms with van der Waals surface area (Å²) in [4.78, 5) is 49.5. The molecule has 0 N–H and O–H groups in total. The molecule has 0 fully saturated rings. The first kappa shape index (κ1) is 20.0. The molecule has 6 nitrogen and oxygen atoms in total. The lowest BCUT2D eigenvalue weighted by molar-refractivity contribution is -0.157. The second kappa shape index (κ2) is 9.32. The molecule has 24 heavy (non-hydrogen) atoms. The van der Waals surface area contributed by atoms with E-state index in [-0.39, 0.29) is 13.2 Å². The van der Waals surface area contributed by atoms with Gasteiger partial charge in [0.2, 0.25) is 0 Å². The fraction of sp³-hybridized carbons (Fsp3) is 0.529. The molecule has 0 saturated heterocycles. The number of carbonyl (C=O) groups is 4. The van der Waals surface area contributed by atoms with Crippen LogP contribution in [0, 0.1) is 11.8 Å². The molecule has 0 radical (unpaired) electrons. The van der Waals surface area contributed by atoms with E-state index in [9.17, 15) is 19.2 Å². The van der Waals surface area contributed by atoms with Gasteiger partial charge in [0.25, 0.3) is 0 Å². The minimum absolute atomic E-state index is 0.101. The predicted octanol–water partition coefficient (Wildman–Crippen LogP) is 2.37. The second-order valence-electron chi connectivity index (χ2n) is 5.22. The quantitative estimate of drug-likeness (QED) is 0.500. The molecule has 7 heteroatoms. The van der Waals surface area contributed by atoms with Crippen LogP contribution in [0.5, 0.6) is 0 Å². The van der Waals surface area contributed by atoms with Crippen LogP contribution < -0.4 is 0 Å². The second-order valence-corrected chi connectivity index (χ2v) is 6.20. The van der Waals surface area contributed by atoms with Crippen LogP contribution in [0.4, 0.5) is 0 Å². The van der Waals surface area contributed by atoms with E-state index in [1.807, 2.05) is 0 Å². The van der Waals surface area contributed by atoms with Crippen molar-refractivity contribution in [2.45, 2.75) is 33.6 Å². The third kappa shape index (κ3) is 4.74. The van der Waals surface area contributed by atoms with Crippen molar-refractivity contribution >= 4 is 34.8 Å². The normalized spacial score (nSPS) is 13.2. The summed E-state index contributed by atoms with van der Waals surface area (Å²) in [6.07, 6.45) is 0. The lowest BCUT2D eigenvalue weighted by atomic mass is 9.76. The molecule has 1 aromatic heterocycles. The van der Waals surface area contributed by atoms with Gasteiger partial charge in [0.05, 0.1) is 13.2 Å². The Labute approximate surface area is 145 Å². The summed E-state index contributed by atoms with van der Waals surface area (Å²) in [5.74, 6) is -5.79. The molecule has 0 aliphatic rings. The van der Waals surface area contributed by atoms with E-state index < -0.39 is 41.3 Å². The van der Waals surface area contributed by atoms with Gasteiger partial charge in [-0.25, -0.2) is 0 Å². The van der Waals surface area contributed by atoms with Crippen LogP contribution in [0.15, 0.2) is 17.5 Å². The Morgan fingerprint density at radius 2 is 1.42 bits per heavy atom. The monoisotopic (exact) mass is 354 g/mol. The first-order valence-corrected chi connectivity index (χ1v) is 8.60. The van der Waals surface area contributed by atoms with Crippen LogP contribution >= 0.6 is 11.3 Å². The van der Waals surface area contributed by atoms with E-state index >= 15 is 0 Å². The summed E-state index contributed by atoms with van der Waals surface area (Å²) in [7, 11) is 0. The van der Waals surface area contributed by atoms with Crippen LogP contribution in [-0.2, 0) is 28.7 Å². The van der Waals surface area contributed by atoms with E-state index in [4.69, 9.17) is 9.47 Å². The lowest BCUT2D eigenvalue weighted by Crippen LogP contribution is -2.40. The minimum Gasteiger partial charge on any atom is -0.465 e. The Morgan fingerprint density at radius 1 is 0.958 bits per heavy atom. The zero-order chi connectivity index (χ0) is 18.3. The largest absolute Gasteiger partial charge is 0.465 e. The van der Waals surface area contributed by atoms with Crippen LogP contribution in [0.2, 0.25) is 0 Å². The molecular formula is C17H22O6S. The fourth-order valence-corrected chi connectivity index (χ4v) is 3.50. The third-order valence-corrected chi connectivity index (χ3v) is 4.52. The van der Waals surface area contributed by atoms with Crippen LogP contribution in [0.1, 0.15) is 38.5 Å². The summed E-state index contributed by atoms with van der Waals surface area (Å²) >= 11 is 1.27. The third-order valence-electron chi connectivity index (χ3n) is 3.55. The van der Waals surface area contributed by atoms with E-state index in [1.54, 1.807) is 31.4 Å². The molecule has 2 atom stereocenters. The highest BCUT2D eigenvalue weighted by Crippen LogP contribution is 2.38. The molecule has 0 bridgehead atoms. The van der Waals surface area contributed by atoms with Crippen molar-refractivity contribution in [2.24, 2.45) is 11.8 Å². The van der Waals surface area contributed by atoms with Crippen molar-refractivity contribution in [2.75, 3.05) is 13.2 Å². The Balaban J connectivity index is 3.42. The molecule has 1 heterocycles. The van der Waals surface area contributed by atoms with Crippen molar-refractivity contribution in [3.63, 3.8) is 0 Å².